The first-order valence-electron chi connectivity index (χ1n) is 5.47. The number of rotatable bonds is 7. The van der Waals surface area contributed by atoms with Crippen LogP contribution in [-0.4, -0.2) is 26.2 Å². The van der Waals surface area contributed by atoms with Crippen molar-refractivity contribution in [1.82, 2.24) is 10.6 Å². The Labute approximate surface area is 83.5 Å². The SMILES string of the molecule is CCCNCCNCCC(C)(C)C. The molecule has 0 saturated heterocycles. The minimum Gasteiger partial charge on any atom is -0.315 e. The summed E-state index contributed by atoms with van der Waals surface area (Å²) in [7, 11) is 0. The number of nitrogens with one attached hydrogen (secondary N) is 2. The molecule has 0 atom stereocenters. The van der Waals surface area contributed by atoms with Gasteiger partial charge in [-0.15, -0.1) is 0 Å². The van der Waals surface area contributed by atoms with Gasteiger partial charge in [0.1, 0.15) is 0 Å². The lowest BCUT2D eigenvalue weighted by molar-refractivity contribution is 0.367. The van der Waals surface area contributed by atoms with Gasteiger partial charge in [-0.05, 0) is 31.3 Å². The monoisotopic (exact) mass is 186 g/mol. The van der Waals surface area contributed by atoms with E-state index >= 15 is 0 Å². The van der Waals surface area contributed by atoms with E-state index in [2.05, 4.69) is 38.3 Å². The molecule has 0 aliphatic heterocycles. The molecule has 0 radical (unpaired) electrons. The smallest absolute Gasteiger partial charge is 0.00767 e. The van der Waals surface area contributed by atoms with Gasteiger partial charge in [-0.25, -0.2) is 0 Å². The van der Waals surface area contributed by atoms with Crippen molar-refractivity contribution < 1.29 is 0 Å². The summed E-state index contributed by atoms with van der Waals surface area (Å²) in [5.41, 5.74) is 0.462. The summed E-state index contributed by atoms with van der Waals surface area (Å²) in [6, 6.07) is 0. The van der Waals surface area contributed by atoms with Crippen molar-refractivity contribution in [3.05, 3.63) is 0 Å². The lowest BCUT2D eigenvalue weighted by Crippen LogP contribution is -2.29. The van der Waals surface area contributed by atoms with Gasteiger partial charge in [0.05, 0.1) is 0 Å². The molecule has 0 aromatic carbocycles. The van der Waals surface area contributed by atoms with Crippen molar-refractivity contribution in [3.63, 3.8) is 0 Å². The molecular formula is C11H26N2. The Bertz CT molecular complexity index is 105. The molecule has 0 fully saturated rings. The first-order chi connectivity index (χ1) is 6.06. The summed E-state index contributed by atoms with van der Waals surface area (Å²) < 4.78 is 0. The van der Waals surface area contributed by atoms with Crippen LogP contribution in [0.1, 0.15) is 40.5 Å². The first-order valence-corrected chi connectivity index (χ1v) is 5.47. The van der Waals surface area contributed by atoms with Crippen LogP contribution in [0.25, 0.3) is 0 Å². The number of hydrogen-bond acceptors (Lipinski definition) is 2. The van der Waals surface area contributed by atoms with Crippen molar-refractivity contribution in [3.8, 4) is 0 Å². The first kappa shape index (κ1) is 12.9. The standard InChI is InChI=1S/C11H26N2/c1-5-7-12-9-10-13-8-6-11(2,3)4/h12-13H,5-10H2,1-4H3. The summed E-state index contributed by atoms with van der Waals surface area (Å²) in [5.74, 6) is 0. The molecule has 0 saturated carbocycles. The zero-order chi connectivity index (χ0) is 10.2. The second-order valence-electron chi connectivity index (χ2n) is 4.81. The molecule has 13 heavy (non-hydrogen) atoms. The minimum absolute atomic E-state index is 0.462. The molecule has 0 heterocycles. The van der Waals surface area contributed by atoms with E-state index < -0.39 is 0 Å². The third-order valence-corrected chi connectivity index (χ3v) is 1.96. The van der Waals surface area contributed by atoms with Crippen molar-refractivity contribution >= 4 is 0 Å². The highest BCUT2D eigenvalue weighted by Gasteiger charge is 2.08. The topological polar surface area (TPSA) is 24.1 Å². The van der Waals surface area contributed by atoms with Gasteiger partial charge in [0, 0.05) is 13.1 Å². The van der Waals surface area contributed by atoms with Crippen LogP contribution in [0.15, 0.2) is 0 Å². The van der Waals surface area contributed by atoms with E-state index in [1.807, 2.05) is 0 Å². The average Bonchev–Trinajstić information content (AvgIpc) is 2.01. The molecule has 0 aliphatic carbocycles. The Kier molecular flexibility index (Phi) is 7.29. The van der Waals surface area contributed by atoms with Gasteiger partial charge >= 0.3 is 0 Å². The minimum atomic E-state index is 0.462. The van der Waals surface area contributed by atoms with Gasteiger partial charge in [-0.2, -0.15) is 0 Å². The van der Waals surface area contributed by atoms with Crippen molar-refractivity contribution in [2.45, 2.75) is 40.5 Å². The highest BCUT2D eigenvalue weighted by atomic mass is 14.9. The fourth-order valence-electron chi connectivity index (χ4n) is 1.07. The summed E-state index contributed by atoms with van der Waals surface area (Å²) in [6.45, 7) is 13.5. The lowest BCUT2D eigenvalue weighted by atomic mass is 9.92. The van der Waals surface area contributed by atoms with Crippen LogP contribution < -0.4 is 10.6 Å². The average molecular weight is 186 g/mol. The van der Waals surface area contributed by atoms with Crippen LogP contribution >= 0.6 is 0 Å². The predicted octanol–water partition coefficient (Wildman–Crippen LogP) is 2.01. The van der Waals surface area contributed by atoms with Crippen LogP contribution in [0.4, 0.5) is 0 Å². The van der Waals surface area contributed by atoms with Gasteiger partial charge in [-0.1, -0.05) is 27.7 Å². The molecule has 0 bridgehead atoms. The molecule has 0 aliphatic rings. The molecule has 0 amide bonds. The molecule has 0 rings (SSSR count). The Morgan fingerprint density at radius 2 is 1.38 bits per heavy atom. The van der Waals surface area contributed by atoms with Crippen LogP contribution in [0.3, 0.4) is 0 Å². The van der Waals surface area contributed by atoms with E-state index in [4.69, 9.17) is 0 Å². The number of hydrogen-bond donors (Lipinski definition) is 2. The quantitative estimate of drug-likeness (QED) is 0.594. The maximum absolute atomic E-state index is 3.44. The maximum Gasteiger partial charge on any atom is 0.00767 e. The summed E-state index contributed by atoms with van der Waals surface area (Å²) >= 11 is 0. The Balaban J connectivity index is 3.00. The summed E-state index contributed by atoms with van der Waals surface area (Å²) in [6.07, 6.45) is 2.47. The molecule has 0 aromatic rings. The molecule has 0 spiro atoms. The second-order valence-corrected chi connectivity index (χ2v) is 4.81. The van der Waals surface area contributed by atoms with Crippen LogP contribution in [0, 0.1) is 5.41 Å². The van der Waals surface area contributed by atoms with Gasteiger partial charge in [0.15, 0.2) is 0 Å². The highest BCUT2D eigenvalue weighted by molar-refractivity contribution is 4.63. The van der Waals surface area contributed by atoms with E-state index in [0.717, 1.165) is 26.2 Å². The third-order valence-electron chi connectivity index (χ3n) is 1.96. The largest absolute Gasteiger partial charge is 0.315 e. The second kappa shape index (κ2) is 7.34. The van der Waals surface area contributed by atoms with E-state index in [9.17, 15) is 0 Å². The van der Waals surface area contributed by atoms with Gasteiger partial charge in [0.25, 0.3) is 0 Å². The Morgan fingerprint density at radius 3 is 1.85 bits per heavy atom. The van der Waals surface area contributed by atoms with E-state index in [-0.39, 0.29) is 0 Å². The van der Waals surface area contributed by atoms with E-state index in [1.54, 1.807) is 0 Å². The Hall–Kier alpha value is -0.0800. The van der Waals surface area contributed by atoms with Gasteiger partial charge in [-0.3, -0.25) is 0 Å². The summed E-state index contributed by atoms with van der Waals surface area (Å²) in [4.78, 5) is 0. The predicted molar refractivity (Wildman–Crippen MR) is 60.1 cm³/mol. The highest BCUT2D eigenvalue weighted by Crippen LogP contribution is 2.16. The van der Waals surface area contributed by atoms with E-state index in [0.29, 0.717) is 5.41 Å². The third kappa shape index (κ3) is 11.9. The molecule has 0 unspecified atom stereocenters. The normalized spacial score (nSPS) is 12.0. The zero-order valence-corrected chi connectivity index (χ0v) is 9.74. The molecule has 2 N–H and O–H groups in total. The van der Waals surface area contributed by atoms with E-state index in [1.165, 1.54) is 12.8 Å². The lowest BCUT2D eigenvalue weighted by Gasteiger charge is -2.18. The fourth-order valence-corrected chi connectivity index (χ4v) is 1.07. The molecule has 2 nitrogen and oxygen atoms in total. The maximum atomic E-state index is 3.44. The van der Waals surface area contributed by atoms with Crippen molar-refractivity contribution in [2.75, 3.05) is 26.2 Å². The molecular weight excluding hydrogens is 160 g/mol. The van der Waals surface area contributed by atoms with Crippen molar-refractivity contribution in [1.29, 1.82) is 0 Å². The molecule has 80 valence electrons. The zero-order valence-electron chi connectivity index (χ0n) is 9.74. The van der Waals surface area contributed by atoms with Gasteiger partial charge < -0.3 is 10.6 Å². The molecule has 0 aromatic heterocycles. The van der Waals surface area contributed by atoms with Crippen molar-refractivity contribution in [2.24, 2.45) is 5.41 Å². The summed E-state index contributed by atoms with van der Waals surface area (Å²) in [5, 5.41) is 6.81. The van der Waals surface area contributed by atoms with Crippen LogP contribution in [-0.2, 0) is 0 Å². The Morgan fingerprint density at radius 1 is 0.846 bits per heavy atom. The van der Waals surface area contributed by atoms with Crippen LogP contribution in [0.5, 0.6) is 0 Å². The molecule has 2 heteroatoms. The van der Waals surface area contributed by atoms with Crippen LogP contribution in [0.2, 0.25) is 0 Å². The fraction of sp³-hybridized carbons (Fsp3) is 1.00. The van der Waals surface area contributed by atoms with Gasteiger partial charge in [0.2, 0.25) is 0 Å².